The average molecular weight is 1130 g/mol. The van der Waals surface area contributed by atoms with Gasteiger partial charge in [0.25, 0.3) is 0 Å². The zero-order valence-corrected chi connectivity index (χ0v) is 48.6. The Morgan fingerprint density at radius 3 is 1.21 bits per heavy atom. The van der Waals surface area contributed by atoms with Gasteiger partial charge >= 0.3 is 0 Å². The lowest BCUT2D eigenvalue weighted by Crippen LogP contribution is -1.98. The van der Waals surface area contributed by atoms with Crippen LogP contribution in [0.1, 0.15) is 0 Å². The third-order valence-electron chi connectivity index (χ3n) is 18.6. The molecular weight excluding hydrogens is 1070 g/mol. The predicted octanol–water partition coefficient (Wildman–Crippen LogP) is 23.3. The highest BCUT2D eigenvalue weighted by Crippen LogP contribution is 2.46. The molecule has 0 amide bonds. The summed E-state index contributed by atoms with van der Waals surface area (Å²) in [6.07, 6.45) is 0. The molecule has 0 saturated carbocycles. The molecule has 0 aliphatic rings. The van der Waals surface area contributed by atoms with Gasteiger partial charge in [0.05, 0.1) is 38.8 Å². The van der Waals surface area contributed by atoms with Crippen LogP contribution in [0, 0.1) is 0 Å². The van der Waals surface area contributed by atoms with E-state index in [0.717, 1.165) is 55.9 Å². The maximum absolute atomic E-state index is 2.55. The van der Waals surface area contributed by atoms with Crippen LogP contribution in [0.3, 0.4) is 0 Å². The van der Waals surface area contributed by atoms with Crippen LogP contribution in [-0.4, -0.2) is 13.7 Å². The Hall–Kier alpha value is -11.8. The van der Waals surface area contributed by atoms with Crippen LogP contribution in [0.25, 0.3) is 171 Å². The van der Waals surface area contributed by atoms with Gasteiger partial charge in [0, 0.05) is 54.6 Å². The lowest BCUT2D eigenvalue weighted by atomic mass is 9.94. The Kier molecular flexibility index (Phi) is 11.6. The highest BCUT2D eigenvalue weighted by atomic mass is 15.0. The summed E-state index contributed by atoms with van der Waals surface area (Å²) in [5, 5.41) is 12.3. The molecule has 0 aliphatic carbocycles. The van der Waals surface area contributed by atoms with E-state index in [0.29, 0.717) is 0 Å². The topological polar surface area (TPSA) is 14.8 Å². The van der Waals surface area contributed by atoms with Crippen LogP contribution in [0.5, 0.6) is 0 Å². The van der Waals surface area contributed by atoms with Crippen LogP contribution in [0.15, 0.2) is 334 Å². The largest absolute Gasteiger partial charge is 0.309 e. The van der Waals surface area contributed by atoms with Crippen molar-refractivity contribution in [2.24, 2.45) is 0 Å². The number of nitrogens with zero attached hydrogens (tertiary/aromatic N) is 3. The molecule has 3 nitrogen and oxygen atoms in total. The van der Waals surface area contributed by atoms with Gasteiger partial charge in [0.2, 0.25) is 0 Å². The van der Waals surface area contributed by atoms with Crippen LogP contribution in [-0.2, 0) is 0 Å². The van der Waals surface area contributed by atoms with Crippen molar-refractivity contribution in [1.82, 2.24) is 13.7 Å². The summed E-state index contributed by atoms with van der Waals surface area (Å²) in [6, 6.07) is 123. The van der Waals surface area contributed by atoms with E-state index in [2.05, 4.69) is 347 Å². The van der Waals surface area contributed by atoms with E-state index in [1.807, 2.05) is 0 Å². The van der Waals surface area contributed by atoms with Gasteiger partial charge in [-0.15, -0.1) is 0 Å². The quantitative estimate of drug-likeness (QED) is 0.128. The van der Waals surface area contributed by atoms with Crippen molar-refractivity contribution in [3.8, 4) is 83.8 Å². The van der Waals surface area contributed by atoms with Crippen molar-refractivity contribution in [3.63, 3.8) is 0 Å². The van der Waals surface area contributed by atoms with E-state index in [-0.39, 0.29) is 0 Å². The second-order valence-corrected chi connectivity index (χ2v) is 23.5. The molecule has 0 unspecified atom stereocenters. The Balaban J connectivity index is 0.868. The van der Waals surface area contributed by atoms with Gasteiger partial charge in [0.1, 0.15) is 0 Å². The highest BCUT2D eigenvalue weighted by molar-refractivity contribution is 6.32. The third kappa shape index (κ3) is 8.13. The summed E-state index contributed by atoms with van der Waals surface area (Å²) in [7, 11) is 0. The minimum atomic E-state index is 1.10. The minimum Gasteiger partial charge on any atom is -0.309 e. The van der Waals surface area contributed by atoms with Crippen molar-refractivity contribution in [2.45, 2.75) is 0 Å². The van der Waals surface area contributed by atoms with Crippen molar-refractivity contribution in [3.05, 3.63) is 334 Å². The number of hydrogen-bond donors (Lipinski definition) is 0. The number of hydrogen-bond acceptors (Lipinski definition) is 0. The molecular formula is C86H55N3. The van der Waals surface area contributed by atoms with Gasteiger partial charge < -0.3 is 13.7 Å². The molecule has 0 bridgehead atoms. The van der Waals surface area contributed by atoms with Gasteiger partial charge in [-0.3, -0.25) is 0 Å². The summed E-state index contributed by atoms with van der Waals surface area (Å²) >= 11 is 0. The third-order valence-corrected chi connectivity index (χ3v) is 18.6. The monoisotopic (exact) mass is 1130 g/mol. The first-order valence-electron chi connectivity index (χ1n) is 30.7. The molecule has 15 aromatic carbocycles. The summed E-state index contributed by atoms with van der Waals surface area (Å²) in [5.41, 5.74) is 24.5. The van der Waals surface area contributed by atoms with Crippen LogP contribution >= 0.6 is 0 Å². The Labute approximate surface area is 515 Å². The summed E-state index contributed by atoms with van der Waals surface area (Å²) in [4.78, 5) is 0. The maximum Gasteiger partial charge on any atom is 0.0625 e. The smallest absolute Gasteiger partial charge is 0.0625 e. The first-order chi connectivity index (χ1) is 44.2. The zero-order valence-electron chi connectivity index (χ0n) is 48.6. The molecule has 3 aromatic heterocycles. The van der Waals surface area contributed by atoms with Crippen molar-refractivity contribution in [1.29, 1.82) is 0 Å². The number of rotatable bonds is 9. The van der Waals surface area contributed by atoms with E-state index < -0.39 is 0 Å². The molecule has 0 atom stereocenters. The van der Waals surface area contributed by atoms with Crippen molar-refractivity contribution < 1.29 is 0 Å². The maximum atomic E-state index is 2.55. The zero-order chi connectivity index (χ0) is 58.5. The number of benzene rings is 15. The van der Waals surface area contributed by atoms with E-state index in [4.69, 9.17) is 0 Å². The standard InChI is InChI=1S/C86H55N3/c1-4-23-56(24-5-1)61-43-46-69(58-27-8-3-9-28-58)84(55-61)89-80-41-20-17-36-73(80)78-54-60(45-48-83(78)89)64-49-63(51-66(52-64)88-81-42-21-18-39-76(81)85-74-37-14-12-33-70(74)71-34-13-15-38-75(71)86(85)88)59-44-47-82-77(53-59)72-35-16-19-40-79(72)87(82)65-30-22-29-62(50-65)68-32-11-10-31-67(68)57-25-6-2-7-26-57/h1-55H. The second-order valence-electron chi connectivity index (χ2n) is 23.5. The van der Waals surface area contributed by atoms with E-state index >= 15 is 0 Å². The second kappa shape index (κ2) is 20.4. The molecule has 18 rings (SSSR count). The average Bonchev–Trinajstić information content (AvgIpc) is 1.77. The van der Waals surface area contributed by atoms with Gasteiger partial charge in [0.15, 0.2) is 0 Å². The fraction of sp³-hybridized carbons (Fsp3) is 0. The number of fused-ring (bicyclic) bond motifs is 14. The Morgan fingerprint density at radius 2 is 0.584 bits per heavy atom. The minimum absolute atomic E-state index is 1.10. The van der Waals surface area contributed by atoms with Gasteiger partial charge in [-0.05, 0) is 156 Å². The molecule has 0 aliphatic heterocycles. The lowest BCUT2D eigenvalue weighted by molar-refractivity contribution is 1.18. The molecule has 0 N–H and O–H groups in total. The van der Waals surface area contributed by atoms with Gasteiger partial charge in [-0.1, -0.05) is 255 Å². The highest BCUT2D eigenvalue weighted by Gasteiger charge is 2.23. The van der Waals surface area contributed by atoms with Crippen LogP contribution in [0.2, 0.25) is 0 Å². The Bertz CT molecular complexity index is 5840. The summed E-state index contributed by atoms with van der Waals surface area (Å²) < 4.78 is 7.49. The molecule has 3 heterocycles. The molecule has 18 aromatic rings. The fourth-order valence-corrected chi connectivity index (χ4v) is 14.6. The van der Waals surface area contributed by atoms with Gasteiger partial charge in [-0.25, -0.2) is 0 Å². The fourth-order valence-electron chi connectivity index (χ4n) is 14.6. The Morgan fingerprint density at radius 1 is 0.169 bits per heavy atom. The first kappa shape index (κ1) is 50.5. The SMILES string of the molecule is c1ccc(-c2ccc(-c3ccccc3)c(-n3c4ccccc4c4cc(-c5cc(-c6ccc7c(c6)c6ccccc6n7-c6cccc(-c7ccccc7-c7ccccc7)c6)cc(-n6c7ccccc7c7c8ccccc8c8ccccc8c76)c5)ccc43)c2)cc1. The molecule has 3 heteroatoms. The molecule has 414 valence electrons. The first-order valence-corrected chi connectivity index (χ1v) is 30.7. The molecule has 0 spiro atoms. The van der Waals surface area contributed by atoms with Gasteiger partial charge in [-0.2, -0.15) is 0 Å². The molecule has 0 radical (unpaired) electrons. The number of para-hydroxylation sites is 3. The molecule has 0 fully saturated rings. The summed E-state index contributed by atoms with van der Waals surface area (Å²) in [5.74, 6) is 0. The number of aromatic nitrogens is 3. The van der Waals surface area contributed by atoms with Crippen LogP contribution < -0.4 is 0 Å². The lowest BCUT2D eigenvalue weighted by Gasteiger charge is -2.17. The van der Waals surface area contributed by atoms with E-state index in [1.165, 1.54) is 115 Å². The van der Waals surface area contributed by atoms with E-state index in [1.54, 1.807) is 0 Å². The predicted molar refractivity (Wildman–Crippen MR) is 377 cm³/mol. The summed E-state index contributed by atoms with van der Waals surface area (Å²) in [6.45, 7) is 0. The van der Waals surface area contributed by atoms with Crippen molar-refractivity contribution in [2.75, 3.05) is 0 Å². The van der Waals surface area contributed by atoms with E-state index in [9.17, 15) is 0 Å². The van der Waals surface area contributed by atoms with Crippen LogP contribution in [0.4, 0.5) is 0 Å². The molecule has 89 heavy (non-hydrogen) atoms. The molecule has 0 saturated heterocycles. The normalized spacial score (nSPS) is 11.8. The van der Waals surface area contributed by atoms with Crippen molar-refractivity contribution >= 4 is 87.0 Å².